The van der Waals surface area contributed by atoms with Crippen LogP contribution in [0.15, 0.2) is 16.7 Å². The molecule has 0 unspecified atom stereocenters. The van der Waals surface area contributed by atoms with Crippen LogP contribution in [0.5, 0.6) is 0 Å². The van der Waals surface area contributed by atoms with Crippen molar-refractivity contribution in [2.75, 3.05) is 13.1 Å². The van der Waals surface area contributed by atoms with Crippen LogP contribution in [0.25, 0.3) is 0 Å². The minimum Gasteiger partial charge on any atom is -0.467 e. The van der Waals surface area contributed by atoms with Gasteiger partial charge in [0.05, 0.1) is 12.1 Å². The zero-order chi connectivity index (χ0) is 12.1. The Morgan fingerprint density at radius 3 is 2.71 bits per heavy atom. The van der Waals surface area contributed by atoms with Gasteiger partial charge >= 0.3 is 0 Å². The van der Waals surface area contributed by atoms with Gasteiger partial charge in [0.25, 0.3) is 5.91 Å². The minimum atomic E-state index is -0.309. The van der Waals surface area contributed by atoms with Crippen molar-refractivity contribution in [1.82, 2.24) is 10.3 Å². The zero-order valence-electron chi connectivity index (χ0n) is 9.95. The number of carbonyl (C=O) groups is 1. The van der Waals surface area contributed by atoms with Crippen LogP contribution in [0, 0.1) is 0 Å². The molecule has 1 amide bonds. The van der Waals surface area contributed by atoms with Crippen molar-refractivity contribution in [3.05, 3.63) is 23.7 Å². The number of hydrogen-bond donors (Lipinski definition) is 2. The third-order valence-corrected chi connectivity index (χ3v) is 3.13. The number of amides is 1. The van der Waals surface area contributed by atoms with Crippen LogP contribution in [0.1, 0.15) is 41.8 Å². The lowest BCUT2D eigenvalue weighted by molar-refractivity contribution is 0.0953. The predicted molar refractivity (Wildman–Crippen MR) is 64.1 cm³/mol. The van der Waals surface area contributed by atoms with Gasteiger partial charge in [-0.1, -0.05) is 12.8 Å². The summed E-state index contributed by atoms with van der Waals surface area (Å²) in [5.74, 6) is 5.58. The van der Waals surface area contributed by atoms with E-state index in [0.717, 1.165) is 25.4 Å². The summed E-state index contributed by atoms with van der Waals surface area (Å²) in [4.78, 5) is 13.6. The predicted octanol–water partition coefficient (Wildman–Crippen LogP) is 1.26. The fraction of sp³-hybridized carbons (Fsp3) is 0.583. The summed E-state index contributed by atoms with van der Waals surface area (Å²) >= 11 is 0. The average molecular weight is 237 g/mol. The number of nitrogens with two attached hydrogens (primary N) is 1. The number of carbonyl (C=O) groups excluding carboxylic acids is 1. The molecule has 3 N–H and O–H groups in total. The normalized spacial score (nSPS) is 17.7. The summed E-state index contributed by atoms with van der Waals surface area (Å²) in [7, 11) is 0. The molecule has 2 rings (SSSR count). The maximum Gasteiger partial charge on any atom is 0.268 e. The molecule has 2 heterocycles. The second kappa shape index (κ2) is 5.84. The average Bonchev–Trinajstić information content (AvgIpc) is 2.65. The first-order chi connectivity index (χ1) is 8.29. The van der Waals surface area contributed by atoms with E-state index in [1.54, 1.807) is 6.07 Å². The van der Waals surface area contributed by atoms with Gasteiger partial charge in [-0.25, -0.2) is 5.84 Å². The molecule has 1 saturated heterocycles. The van der Waals surface area contributed by atoms with Crippen LogP contribution in [0.4, 0.5) is 0 Å². The molecule has 0 aromatic carbocycles. The van der Waals surface area contributed by atoms with Gasteiger partial charge in [-0.15, -0.1) is 0 Å². The van der Waals surface area contributed by atoms with E-state index in [1.807, 2.05) is 0 Å². The highest BCUT2D eigenvalue weighted by atomic mass is 16.3. The van der Waals surface area contributed by atoms with Crippen LogP contribution < -0.4 is 11.3 Å². The van der Waals surface area contributed by atoms with Crippen molar-refractivity contribution in [2.24, 2.45) is 5.84 Å². The second-order valence-electron chi connectivity index (χ2n) is 4.47. The van der Waals surface area contributed by atoms with E-state index in [-0.39, 0.29) is 5.91 Å². The fourth-order valence-corrected chi connectivity index (χ4v) is 2.18. The van der Waals surface area contributed by atoms with Gasteiger partial charge < -0.3 is 4.42 Å². The lowest BCUT2D eigenvalue weighted by Gasteiger charge is -2.17. The van der Waals surface area contributed by atoms with Crippen LogP contribution in [0.2, 0.25) is 0 Å². The second-order valence-corrected chi connectivity index (χ2v) is 4.47. The number of furan rings is 1. The number of likely N-dealkylation sites (tertiary alicyclic amines) is 1. The topological polar surface area (TPSA) is 71.5 Å². The van der Waals surface area contributed by atoms with Gasteiger partial charge in [-0.2, -0.15) is 0 Å². The van der Waals surface area contributed by atoms with Gasteiger partial charge in [0.15, 0.2) is 0 Å². The van der Waals surface area contributed by atoms with Crippen LogP contribution in [0.3, 0.4) is 0 Å². The van der Waals surface area contributed by atoms with Crippen molar-refractivity contribution < 1.29 is 9.21 Å². The molecule has 1 aromatic rings. The number of hydrazine groups is 1. The third kappa shape index (κ3) is 3.31. The van der Waals surface area contributed by atoms with Gasteiger partial charge in [-0.3, -0.25) is 15.1 Å². The van der Waals surface area contributed by atoms with Crippen LogP contribution in [-0.2, 0) is 6.54 Å². The molecular formula is C12H19N3O2. The molecular weight excluding hydrogens is 218 g/mol. The van der Waals surface area contributed by atoms with Gasteiger partial charge in [0.2, 0.25) is 0 Å². The Morgan fingerprint density at radius 2 is 2.06 bits per heavy atom. The summed E-state index contributed by atoms with van der Waals surface area (Å²) in [5.41, 5.74) is 2.58. The zero-order valence-corrected chi connectivity index (χ0v) is 9.95. The Labute approximate surface area is 101 Å². The Kier molecular flexibility index (Phi) is 4.17. The molecule has 5 heteroatoms. The van der Waals surface area contributed by atoms with E-state index in [4.69, 9.17) is 10.3 Å². The molecule has 17 heavy (non-hydrogen) atoms. The molecule has 94 valence electrons. The first-order valence-corrected chi connectivity index (χ1v) is 6.10. The van der Waals surface area contributed by atoms with Crippen molar-refractivity contribution in [2.45, 2.75) is 32.2 Å². The van der Waals surface area contributed by atoms with Crippen molar-refractivity contribution >= 4 is 5.91 Å². The summed E-state index contributed by atoms with van der Waals surface area (Å²) in [6.07, 6.45) is 6.58. The summed E-state index contributed by atoms with van der Waals surface area (Å²) in [6, 6.07) is 1.76. The Morgan fingerprint density at radius 1 is 1.35 bits per heavy atom. The molecule has 0 bridgehead atoms. The Balaban J connectivity index is 1.93. The molecule has 0 radical (unpaired) electrons. The SMILES string of the molecule is NNC(=O)c1coc(CN2CCCCCC2)c1. The quantitative estimate of drug-likeness (QED) is 0.471. The van der Waals surface area contributed by atoms with Crippen molar-refractivity contribution in [3.63, 3.8) is 0 Å². The number of nitrogens with zero attached hydrogens (tertiary/aromatic N) is 1. The van der Waals surface area contributed by atoms with Crippen LogP contribution >= 0.6 is 0 Å². The van der Waals surface area contributed by atoms with E-state index in [1.165, 1.54) is 31.9 Å². The molecule has 0 saturated carbocycles. The van der Waals surface area contributed by atoms with E-state index in [0.29, 0.717) is 5.56 Å². The highest BCUT2D eigenvalue weighted by molar-refractivity contribution is 5.93. The van der Waals surface area contributed by atoms with E-state index in [9.17, 15) is 4.79 Å². The maximum absolute atomic E-state index is 11.3. The number of nitrogen functional groups attached to an aromatic ring is 1. The van der Waals surface area contributed by atoms with E-state index < -0.39 is 0 Å². The van der Waals surface area contributed by atoms with Crippen LogP contribution in [-0.4, -0.2) is 23.9 Å². The van der Waals surface area contributed by atoms with Gasteiger partial charge in [0.1, 0.15) is 12.0 Å². The number of hydrogen-bond acceptors (Lipinski definition) is 4. The summed E-state index contributed by atoms with van der Waals surface area (Å²) < 4.78 is 5.37. The molecule has 0 atom stereocenters. The van der Waals surface area contributed by atoms with Gasteiger partial charge in [0, 0.05) is 0 Å². The maximum atomic E-state index is 11.3. The minimum absolute atomic E-state index is 0.309. The number of nitrogens with one attached hydrogen (secondary N) is 1. The first-order valence-electron chi connectivity index (χ1n) is 6.10. The molecule has 1 aliphatic rings. The molecule has 1 fully saturated rings. The summed E-state index contributed by atoms with van der Waals surface area (Å²) in [6.45, 7) is 3.00. The highest BCUT2D eigenvalue weighted by Crippen LogP contribution is 2.15. The lowest BCUT2D eigenvalue weighted by atomic mass is 10.2. The Bertz CT molecular complexity index is 368. The van der Waals surface area contributed by atoms with E-state index >= 15 is 0 Å². The molecule has 1 aliphatic heterocycles. The monoisotopic (exact) mass is 237 g/mol. The number of rotatable bonds is 3. The smallest absolute Gasteiger partial charge is 0.268 e. The largest absolute Gasteiger partial charge is 0.467 e. The van der Waals surface area contributed by atoms with E-state index in [2.05, 4.69) is 10.3 Å². The van der Waals surface area contributed by atoms with Crippen molar-refractivity contribution in [3.8, 4) is 0 Å². The van der Waals surface area contributed by atoms with Gasteiger partial charge in [-0.05, 0) is 32.0 Å². The standard InChI is InChI=1S/C12H19N3O2/c13-14-12(16)10-7-11(17-9-10)8-15-5-3-1-2-4-6-15/h7,9H,1-6,8,13H2,(H,14,16). The third-order valence-electron chi connectivity index (χ3n) is 3.13. The van der Waals surface area contributed by atoms with Crippen molar-refractivity contribution in [1.29, 1.82) is 0 Å². The Hall–Kier alpha value is -1.33. The summed E-state index contributed by atoms with van der Waals surface area (Å²) in [5, 5.41) is 0. The fourth-order valence-electron chi connectivity index (χ4n) is 2.18. The molecule has 1 aromatic heterocycles. The molecule has 0 spiro atoms. The molecule has 0 aliphatic carbocycles. The molecule has 5 nitrogen and oxygen atoms in total. The first kappa shape index (κ1) is 12.1. The highest BCUT2D eigenvalue weighted by Gasteiger charge is 2.13. The lowest BCUT2D eigenvalue weighted by Crippen LogP contribution is -2.29.